The first-order chi connectivity index (χ1) is 8.02. The molecule has 1 unspecified atom stereocenters. The molecule has 7 heteroatoms. The zero-order valence-electron chi connectivity index (χ0n) is 9.25. The molecule has 1 atom stereocenters. The summed E-state index contributed by atoms with van der Waals surface area (Å²) in [5.74, 6) is 0.779. The molecule has 1 aliphatic rings. The normalized spacial score (nSPS) is 22.2. The van der Waals surface area contributed by atoms with Gasteiger partial charge in [0, 0.05) is 0 Å². The molecule has 0 radical (unpaired) electrons. The van der Waals surface area contributed by atoms with Crippen LogP contribution in [0, 0.1) is 0 Å². The van der Waals surface area contributed by atoms with Gasteiger partial charge in [-0.1, -0.05) is 12.1 Å². The fourth-order valence-electron chi connectivity index (χ4n) is 1.59. The van der Waals surface area contributed by atoms with Crippen molar-refractivity contribution in [1.82, 2.24) is 4.72 Å². The molecule has 0 aliphatic carbocycles. The third-order valence-corrected chi connectivity index (χ3v) is 3.30. The van der Waals surface area contributed by atoms with Gasteiger partial charge < -0.3 is 10.5 Å². The molecule has 0 saturated heterocycles. The Labute approximate surface area is 99.7 Å². The average molecular weight is 255 g/mol. The summed E-state index contributed by atoms with van der Waals surface area (Å²) >= 11 is 0. The summed E-state index contributed by atoms with van der Waals surface area (Å²) in [4.78, 5) is 0. The van der Waals surface area contributed by atoms with E-state index in [0.717, 1.165) is 11.3 Å². The van der Waals surface area contributed by atoms with Crippen LogP contribution in [0.2, 0.25) is 0 Å². The maximum absolute atomic E-state index is 11.2. The highest BCUT2D eigenvalue weighted by molar-refractivity contribution is 7.88. The molecule has 1 heterocycles. The van der Waals surface area contributed by atoms with E-state index in [-0.39, 0.29) is 5.84 Å². The molecule has 0 spiro atoms. The Hall–Kier alpha value is -1.60. The average Bonchev–Trinajstić information content (AvgIpc) is 2.54. The van der Waals surface area contributed by atoms with E-state index >= 15 is 0 Å². The number of hydrogen-bond acceptors (Lipinski definition) is 4. The zero-order chi connectivity index (χ0) is 12.5. The van der Waals surface area contributed by atoms with Crippen LogP contribution in [0.15, 0.2) is 28.7 Å². The molecule has 0 bridgehead atoms. The Balaban J connectivity index is 2.22. The molecule has 1 aliphatic heterocycles. The molecule has 3 N–H and O–H groups in total. The van der Waals surface area contributed by atoms with Gasteiger partial charge in [0.05, 0.1) is 6.61 Å². The number of benzene rings is 1. The molecule has 1 aromatic carbocycles. The van der Waals surface area contributed by atoms with Gasteiger partial charge >= 0.3 is 10.2 Å². The largest absolute Gasteiger partial charge is 0.494 e. The number of rotatable bonds is 3. The van der Waals surface area contributed by atoms with Crippen LogP contribution in [0.1, 0.15) is 18.5 Å². The number of nitrogens with one attached hydrogen (secondary N) is 1. The van der Waals surface area contributed by atoms with Gasteiger partial charge in [-0.3, -0.25) is 0 Å². The van der Waals surface area contributed by atoms with E-state index in [1.54, 1.807) is 24.3 Å². The molecule has 92 valence electrons. The second-order valence-corrected chi connectivity index (χ2v) is 4.91. The van der Waals surface area contributed by atoms with Crippen LogP contribution < -0.4 is 15.2 Å². The maximum atomic E-state index is 11.2. The number of hydrogen-bond donors (Lipinski definition) is 2. The first-order valence-corrected chi connectivity index (χ1v) is 6.56. The summed E-state index contributed by atoms with van der Waals surface area (Å²) in [7, 11) is -3.63. The second-order valence-electron chi connectivity index (χ2n) is 3.54. The van der Waals surface area contributed by atoms with Gasteiger partial charge in [0.25, 0.3) is 0 Å². The van der Waals surface area contributed by atoms with E-state index < -0.39 is 16.3 Å². The Bertz CT molecular complexity index is 536. The van der Waals surface area contributed by atoms with Gasteiger partial charge in [0.15, 0.2) is 0 Å². The summed E-state index contributed by atoms with van der Waals surface area (Å²) in [5.41, 5.74) is 6.29. The Morgan fingerprint density at radius 2 is 2.06 bits per heavy atom. The molecule has 0 aromatic heterocycles. The van der Waals surface area contributed by atoms with Crippen molar-refractivity contribution < 1.29 is 13.2 Å². The molecule has 17 heavy (non-hydrogen) atoms. The quantitative estimate of drug-likeness (QED) is 0.814. The minimum atomic E-state index is -3.63. The Morgan fingerprint density at radius 3 is 2.53 bits per heavy atom. The summed E-state index contributed by atoms with van der Waals surface area (Å²) in [6, 6.07) is 6.45. The Kier molecular flexibility index (Phi) is 3.03. The summed E-state index contributed by atoms with van der Waals surface area (Å²) in [6.07, 6.45) is 0. The molecule has 6 nitrogen and oxygen atoms in total. The Morgan fingerprint density at radius 1 is 1.41 bits per heavy atom. The first-order valence-electron chi connectivity index (χ1n) is 5.12. The lowest BCUT2D eigenvalue weighted by atomic mass is 10.1. The van der Waals surface area contributed by atoms with Crippen molar-refractivity contribution >= 4 is 16.0 Å². The van der Waals surface area contributed by atoms with E-state index in [1.807, 2.05) is 6.92 Å². The topological polar surface area (TPSA) is 93.8 Å². The number of nitrogens with zero attached hydrogens (tertiary/aromatic N) is 1. The third-order valence-electron chi connectivity index (χ3n) is 2.31. The third kappa shape index (κ3) is 2.56. The lowest BCUT2D eigenvalue weighted by molar-refractivity contribution is 0.340. The van der Waals surface area contributed by atoms with Crippen LogP contribution in [0.5, 0.6) is 5.75 Å². The van der Waals surface area contributed by atoms with Crippen molar-refractivity contribution in [2.45, 2.75) is 13.0 Å². The summed E-state index contributed by atoms with van der Waals surface area (Å²) in [5, 5.41) is 0. The van der Waals surface area contributed by atoms with Crippen molar-refractivity contribution in [2.24, 2.45) is 10.1 Å². The van der Waals surface area contributed by atoms with Gasteiger partial charge in [-0.15, -0.1) is 4.40 Å². The monoisotopic (exact) mass is 255 g/mol. The van der Waals surface area contributed by atoms with Crippen LogP contribution in [0.25, 0.3) is 0 Å². The predicted molar refractivity (Wildman–Crippen MR) is 64.0 cm³/mol. The minimum Gasteiger partial charge on any atom is -0.494 e. The van der Waals surface area contributed by atoms with Crippen molar-refractivity contribution in [1.29, 1.82) is 0 Å². The smallest absolute Gasteiger partial charge is 0.322 e. The summed E-state index contributed by atoms with van der Waals surface area (Å²) in [6.45, 7) is 2.47. The van der Waals surface area contributed by atoms with Gasteiger partial charge in [0.1, 0.15) is 17.6 Å². The van der Waals surface area contributed by atoms with Gasteiger partial charge in [-0.25, -0.2) is 0 Å². The number of ether oxygens (including phenoxy) is 1. The molecule has 1 aromatic rings. The van der Waals surface area contributed by atoms with E-state index in [0.29, 0.717) is 6.61 Å². The zero-order valence-corrected chi connectivity index (χ0v) is 10.1. The number of amidine groups is 1. The first kappa shape index (κ1) is 11.9. The van der Waals surface area contributed by atoms with Crippen molar-refractivity contribution in [2.75, 3.05) is 6.61 Å². The van der Waals surface area contributed by atoms with Gasteiger partial charge in [0.2, 0.25) is 0 Å². The highest BCUT2D eigenvalue weighted by atomic mass is 32.2. The number of nitrogens with two attached hydrogens (primary N) is 1. The lowest BCUT2D eigenvalue weighted by Gasteiger charge is -2.10. The molecule has 2 rings (SSSR count). The van der Waals surface area contributed by atoms with Crippen LogP contribution in [-0.2, 0) is 10.2 Å². The van der Waals surface area contributed by atoms with E-state index in [1.165, 1.54) is 0 Å². The summed E-state index contributed by atoms with van der Waals surface area (Å²) < 4.78 is 33.4. The fourth-order valence-corrected chi connectivity index (χ4v) is 2.58. The highest BCUT2D eigenvalue weighted by Gasteiger charge is 2.29. The second kappa shape index (κ2) is 4.34. The van der Waals surface area contributed by atoms with Crippen LogP contribution >= 0.6 is 0 Å². The lowest BCUT2D eigenvalue weighted by Crippen LogP contribution is -2.28. The predicted octanol–water partition coefficient (Wildman–Crippen LogP) is 0.332. The van der Waals surface area contributed by atoms with E-state index in [2.05, 4.69) is 9.12 Å². The van der Waals surface area contributed by atoms with Crippen molar-refractivity contribution in [3.63, 3.8) is 0 Å². The minimum absolute atomic E-state index is 0.0501. The van der Waals surface area contributed by atoms with Crippen molar-refractivity contribution in [3.05, 3.63) is 29.8 Å². The van der Waals surface area contributed by atoms with E-state index in [9.17, 15) is 8.42 Å². The molecular formula is C10H13N3O3S. The van der Waals surface area contributed by atoms with Gasteiger partial charge in [-0.2, -0.15) is 13.1 Å². The van der Waals surface area contributed by atoms with E-state index in [4.69, 9.17) is 10.5 Å². The van der Waals surface area contributed by atoms with Gasteiger partial charge in [-0.05, 0) is 24.6 Å². The van der Waals surface area contributed by atoms with Crippen LogP contribution in [0.4, 0.5) is 0 Å². The maximum Gasteiger partial charge on any atom is 0.322 e. The molecule has 0 fully saturated rings. The van der Waals surface area contributed by atoms with Crippen LogP contribution in [-0.4, -0.2) is 20.9 Å². The van der Waals surface area contributed by atoms with Crippen molar-refractivity contribution in [3.8, 4) is 5.75 Å². The standard InChI is InChI=1S/C10H13N3O3S/c1-2-16-8-5-3-7(4-6-8)9-10(11)13-17(14,15)12-9/h3-6,9,12H,2H2,1H3,(H2,11,13). The molecule has 0 amide bonds. The SMILES string of the molecule is CCOc1ccc(C2NS(=O)(=O)N=C2N)cc1. The van der Waals surface area contributed by atoms with Crippen LogP contribution in [0.3, 0.4) is 0 Å². The highest BCUT2D eigenvalue weighted by Crippen LogP contribution is 2.22. The fraction of sp³-hybridized carbons (Fsp3) is 0.300. The molecule has 0 saturated carbocycles. The molecular weight excluding hydrogens is 242 g/mol.